The third-order valence-corrected chi connectivity index (χ3v) is 3.96. The van der Waals surface area contributed by atoms with Crippen LogP contribution in [0.15, 0.2) is 42.6 Å². The molecule has 4 aromatic rings. The fourth-order valence-electron chi connectivity index (χ4n) is 2.74. The molecule has 152 valence electrons. The van der Waals surface area contributed by atoms with Crippen molar-refractivity contribution in [2.45, 2.75) is 13.1 Å². The summed E-state index contributed by atoms with van der Waals surface area (Å²) >= 11 is 0. The zero-order valence-electron chi connectivity index (χ0n) is 15.6. The number of hydrogen-bond acceptors (Lipinski definition) is 5. The second kappa shape index (κ2) is 8.29. The van der Waals surface area contributed by atoms with Gasteiger partial charge in [-0.15, -0.1) is 0 Å². The van der Waals surface area contributed by atoms with Crippen LogP contribution in [0, 0.1) is 6.92 Å². The molecule has 29 heavy (non-hydrogen) atoms. The molecule has 0 bridgehead atoms. The zero-order valence-corrected chi connectivity index (χ0v) is 15.6. The molecule has 0 saturated carbocycles. The van der Waals surface area contributed by atoms with Gasteiger partial charge in [0.15, 0.2) is 0 Å². The van der Waals surface area contributed by atoms with Crippen LogP contribution in [0.5, 0.6) is 0 Å². The molecule has 0 unspecified atom stereocenters. The van der Waals surface area contributed by atoms with Gasteiger partial charge in [-0.25, -0.2) is 0 Å². The Labute approximate surface area is 163 Å². The largest absolute Gasteiger partial charge is 0.405 e. The monoisotopic (exact) mass is 406 g/mol. The Hall–Kier alpha value is -3.43. The van der Waals surface area contributed by atoms with Gasteiger partial charge in [0.2, 0.25) is 5.95 Å². The number of nitrogens with one attached hydrogen (secondary N) is 3. The molecule has 0 aliphatic carbocycles. The summed E-state index contributed by atoms with van der Waals surface area (Å²) in [6, 6.07) is 11.1. The molecule has 0 amide bonds. The Balaban J connectivity index is 0.00000117. The fourth-order valence-corrected chi connectivity index (χ4v) is 2.74. The van der Waals surface area contributed by atoms with Crippen molar-refractivity contribution in [3.8, 4) is 0 Å². The highest BCUT2D eigenvalue weighted by Gasteiger charge is 2.27. The highest BCUT2D eigenvalue weighted by molar-refractivity contribution is 5.89. The third-order valence-electron chi connectivity index (χ3n) is 3.96. The summed E-state index contributed by atoms with van der Waals surface area (Å²) in [4.78, 5) is 15.9. The van der Waals surface area contributed by atoms with Gasteiger partial charge in [-0.3, -0.25) is 9.37 Å². The maximum atomic E-state index is 12.6. The van der Waals surface area contributed by atoms with Crippen LogP contribution in [0.4, 0.5) is 35.0 Å². The van der Waals surface area contributed by atoms with Crippen LogP contribution in [-0.4, -0.2) is 39.8 Å². The predicted molar refractivity (Wildman–Crippen MR) is 105 cm³/mol. The molecule has 0 atom stereocenters. The second-order valence-corrected chi connectivity index (χ2v) is 6.09. The summed E-state index contributed by atoms with van der Waals surface area (Å²) in [7, 11) is 0.500. The molecule has 0 spiro atoms. The number of hydrogen-bond donors (Lipinski definition) is 3. The Morgan fingerprint density at radius 1 is 1.00 bits per heavy atom. The van der Waals surface area contributed by atoms with E-state index in [-0.39, 0.29) is 11.8 Å². The molecular weight excluding hydrogens is 388 g/mol. The molecular formula is C19H18F4N6. The number of anilines is 3. The molecule has 0 fully saturated rings. The first-order valence-corrected chi connectivity index (χ1v) is 8.55. The average molecular weight is 406 g/mol. The van der Waals surface area contributed by atoms with E-state index < -0.39 is 12.7 Å². The number of halogens is 4. The number of nitrogens with zero attached hydrogens (tertiary/aromatic N) is 3. The van der Waals surface area contributed by atoms with Crippen molar-refractivity contribution in [2.24, 2.45) is 0 Å². The quantitative estimate of drug-likeness (QED) is 0.410. The second-order valence-electron chi connectivity index (χ2n) is 6.09. The van der Waals surface area contributed by atoms with Crippen molar-refractivity contribution < 1.29 is 17.6 Å². The number of aromatic amines is 1. The van der Waals surface area contributed by atoms with Crippen molar-refractivity contribution in [3.05, 3.63) is 48.3 Å². The first kappa shape index (κ1) is 20.3. The predicted octanol–water partition coefficient (Wildman–Crippen LogP) is 5.12. The molecule has 4 rings (SSSR count). The van der Waals surface area contributed by atoms with Crippen LogP contribution in [0.2, 0.25) is 0 Å². The minimum absolute atomic E-state index is 0.107. The number of aryl methyl sites for hydroxylation is 1. The number of alkyl halides is 4. The number of H-pyrrole nitrogens is 1. The van der Waals surface area contributed by atoms with Crippen molar-refractivity contribution >= 4 is 39.4 Å². The summed E-state index contributed by atoms with van der Waals surface area (Å²) in [5.74, 6) is 0.289. The molecule has 3 N–H and O–H groups in total. The summed E-state index contributed by atoms with van der Waals surface area (Å²) < 4.78 is 47.2. The Morgan fingerprint density at radius 3 is 2.52 bits per heavy atom. The number of pyridine rings is 1. The van der Waals surface area contributed by atoms with E-state index in [1.807, 2.05) is 37.3 Å². The molecule has 0 aliphatic heterocycles. The SMILES string of the molecule is CF.Cc1ccc2ccc(Nc3nc(NCC(F)(F)F)c4cc[nH]c4n3)cc2n1. The van der Waals surface area contributed by atoms with E-state index in [0.29, 0.717) is 23.9 Å². The fraction of sp³-hybridized carbons (Fsp3) is 0.211. The van der Waals surface area contributed by atoms with Crippen molar-refractivity contribution in [2.75, 3.05) is 24.4 Å². The van der Waals surface area contributed by atoms with Gasteiger partial charge in [0.05, 0.1) is 18.1 Å². The molecule has 10 heteroatoms. The summed E-state index contributed by atoms with van der Waals surface area (Å²) in [5, 5.41) is 6.83. The van der Waals surface area contributed by atoms with Gasteiger partial charge in [-0.1, -0.05) is 12.1 Å². The number of aromatic nitrogens is 4. The van der Waals surface area contributed by atoms with Crippen LogP contribution in [0.3, 0.4) is 0 Å². The Bertz CT molecular complexity index is 1120. The molecule has 0 saturated heterocycles. The van der Waals surface area contributed by atoms with Crippen LogP contribution in [-0.2, 0) is 0 Å². The van der Waals surface area contributed by atoms with E-state index in [1.165, 1.54) is 0 Å². The molecule has 3 heterocycles. The van der Waals surface area contributed by atoms with E-state index in [9.17, 15) is 17.6 Å². The zero-order chi connectivity index (χ0) is 21.0. The Morgan fingerprint density at radius 2 is 1.76 bits per heavy atom. The standard InChI is InChI=1S/C18H15F3N6.CH3F/c1-10-2-3-11-4-5-12(8-14(11)24-10)25-17-26-15-13(6-7-22-15)16(27-17)23-9-18(19,20)21;1-2/h2-8H,9H2,1H3,(H3,22,23,25,26,27);1H3. The third kappa shape index (κ3) is 4.89. The number of rotatable bonds is 4. The highest BCUT2D eigenvalue weighted by Crippen LogP contribution is 2.25. The van der Waals surface area contributed by atoms with Gasteiger partial charge in [-0.2, -0.15) is 23.1 Å². The van der Waals surface area contributed by atoms with Gasteiger partial charge < -0.3 is 15.6 Å². The maximum absolute atomic E-state index is 12.6. The van der Waals surface area contributed by atoms with E-state index in [1.54, 1.807) is 12.3 Å². The molecule has 0 aliphatic rings. The van der Waals surface area contributed by atoms with Gasteiger partial charge in [-0.05, 0) is 31.2 Å². The van der Waals surface area contributed by atoms with E-state index in [2.05, 4.69) is 30.6 Å². The lowest BCUT2D eigenvalue weighted by Gasteiger charge is -2.12. The number of fused-ring (bicyclic) bond motifs is 2. The van der Waals surface area contributed by atoms with Crippen molar-refractivity contribution in [3.63, 3.8) is 0 Å². The van der Waals surface area contributed by atoms with Gasteiger partial charge >= 0.3 is 6.18 Å². The first-order valence-electron chi connectivity index (χ1n) is 8.55. The topological polar surface area (TPSA) is 78.5 Å². The lowest BCUT2D eigenvalue weighted by atomic mass is 10.2. The highest BCUT2D eigenvalue weighted by atomic mass is 19.4. The first-order chi connectivity index (χ1) is 13.9. The summed E-state index contributed by atoms with van der Waals surface area (Å²) in [5.41, 5.74) is 2.82. The van der Waals surface area contributed by atoms with Crippen molar-refractivity contribution in [1.82, 2.24) is 19.9 Å². The van der Waals surface area contributed by atoms with Crippen LogP contribution < -0.4 is 10.6 Å². The molecule has 1 aromatic carbocycles. The molecule has 6 nitrogen and oxygen atoms in total. The van der Waals surface area contributed by atoms with E-state index in [0.717, 1.165) is 16.6 Å². The average Bonchev–Trinajstić information content (AvgIpc) is 3.15. The lowest BCUT2D eigenvalue weighted by molar-refractivity contribution is -0.115. The van der Waals surface area contributed by atoms with Crippen LogP contribution in [0.25, 0.3) is 21.9 Å². The van der Waals surface area contributed by atoms with E-state index >= 15 is 0 Å². The molecule has 0 radical (unpaired) electrons. The summed E-state index contributed by atoms with van der Waals surface area (Å²) in [6.45, 7) is 0.726. The van der Waals surface area contributed by atoms with Gasteiger partial charge in [0.25, 0.3) is 0 Å². The molecule has 3 aromatic heterocycles. The normalized spacial score (nSPS) is 11.2. The van der Waals surface area contributed by atoms with Crippen molar-refractivity contribution in [1.29, 1.82) is 0 Å². The van der Waals surface area contributed by atoms with Gasteiger partial charge in [0.1, 0.15) is 18.0 Å². The minimum atomic E-state index is -4.34. The van der Waals surface area contributed by atoms with Crippen LogP contribution in [0.1, 0.15) is 5.69 Å². The van der Waals surface area contributed by atoms with Crippen LogP contribution >= 0.6 is 0 Å². The lowest BCUT2D eigenvalue weighted by Crippen LogP contribution is -2.22. The van der Waals surface area contributed by atoms with Gasteiger partial charge in [0, 0.05) is 23.0 Å². The number of benzene rings is 1. The summed E-state index contributed by atoms with van der Waals surface area (Å²) in [6.07, 6.45) is -2.74. The van der Waals surface area contributed by atoms with E-state index in [4.69, 9.17) is 0 Å². The smallest absolute Gasteiger partial charge is 0.360 e. The Kier molecular flexibility index (Phi) is 5.81. The minimum Gasteiger partial charge on any atom is -0.360 e. The maximum Gasteiger partial charge on any atom is 0.405 e.